The first-order valence-corrected chi connectivity index (χ1v) is 8.92. The van der Waals surface area contributed by atoms with Gasteiger partial charge in [0.15, 0.2) is 0 Å². The first-order valence-electron chi connectivity index (χ1n) is 8.16. The summed E-state index contributed by atoms with van der Waals surface area (Å²) >= 11 is 12.3. The Morgan fingerprint density at radius 3 is 2.35 bits per heavy atom. The summed E-state index contributed by atoms with van der Waals surface area (Å²) < 4.78 is 13.7. The zero-order chi connectivity index (χ0) is 19.0. The van der Waals surface area contributed by atoms with Crippen LogP contribution in [0.5, 0.6) is 0 Å². The topological polar surface area (TPSA) is 59.7 Å². The van der Waals surface area contributed by atoms with E-state index in [9.17, 15) is 14.0 Å². The minimum absolute atomic E-state index is 0.0352. The molecule has 0 atom stereocenters. The molecule has 9 heteroatoms. The average molecular weight is 401 g/mol. The monoisotopic (exact) mass is 400 g/mol. The summed E-state index contributed by atoms with van der Waals surface area (Å²) in [5, 5.41) is 0.305. The van der Waals surface area contributed by atoms with E-state index in [0.29, 0.717) is 43.6 Å². The lowest BCUT2D eigenvalue weighted by atomic mass is 10.2. The van der Waals surface area contributed by atoms with Gasteiger partial charge in [-0.2, -0.15) is 0 Å². The van der Waals surface area contributed by atoms with Gasteiger partial charge < -0.3 is 19.7 Å². The molecule has 0 radical (unpaired) electrons. The Kier molecular flexibility index (Phi) is 5.41. The van der Waals surface area contributed by atoms with Crippen molar-refractivity contribution in [3.8, 4) is 0 Å². The lowest BCUT2D eigenvalue weighted by molar-refractivity contribution is -0.133. The zero-order valence-corrected chi connectivity index (χ0v) is 16.0. The Labute approximate surface area is 160 Å². The van der Waals surface area contributed by atoms with E-state index in [1.807, 2.05) is 19.0 Å². The molecule has 2 heterocycles. The summed E-state index contributed by atoms with van der Waals surface area (Å²) in [4.78, 5) is 33.0. The molecule has 0 spiro atoms. The lowest BCUT2D eigenvalue weighted by Crippen LogP contribution is -2.52. The van der Waals surface area contributed by atoms with Gasteiger partial charge in [-0.3, -0.25) is 9.59 Å². The van der Waals surface area contributed by atoms with Gasteiger partial charge in [-0.1, -0.05) is 23.2 Å². The molecule has 0 saturated carbocycles. The van der Waals surface area contributed by atoms with Crippen LogP contribution in [0.4, 0.5) is 4.39 Å². The second-order valence-electron chi connectivity index (χ2n) is 6.51. The predicted octanol–water partition coefficient (Wildman–Crippen LogP) is 2.46. The fourth-order valence-electron chi connectivity index (χ4n) is 3.02. The number of H-pyrrole nitrogens is 1. The zero-order valence-electron chi connectivity index (χ0n) is 14.5. The number of amides is 2. The van der Waals surface area contributed by atoms with Crippen molar-refractivity contribution in [3.05, 3.63) is 33.7 Å². The molecular weight excluding hydrogens is 382 g/mol. The normalized spacial score (nSPS) is 15.2. The highest BCUT2D eigenvalue weighted by Crippen LogP contribution is 2.35. The number of fused-ring (bicyclic) bond motifs is 1. The van der Waals surface area contributed by atoms with Gasteiger partial charge in [0.25, 0.3) is 5.91 Å². The molecule has 1 aromatic heterocycles. The largest absolute Gasteiger partial charge is 0.349 e. The number of carbonyl (C=O) groups excluding carboxylic acids is 2. The highest BCUT2D eigenvalue weighted by Gasteiger charge is 2.28. The number of aromatic nitrogens is 1. The minimum atomic E-state index is -0.591. The molecule has 26 heavy (non-hydrogen) atoms. The number of nitrogens with zero attached hydrogens (tertiary/aromatic N) is 3. The summed E-state index contributed by atoms with van der Waals surface area (Å²) in [6.07, 6.45) is 0. The minimum Gasteiger partial charge on any atom is -0.349 e. The number of halogens is 3. The summed E-state index contributed by atoms with van der Waals surface area (Å²) in [5.74, 6) is -0.845. The number of hydrogen-bond donors (Lipinski definition) is 1. The van der Waals surface area contributed by atoms with Gasteiger partial charge >= 0.3 is 0 Å². The molecule has 1 fully saturated rings. The second kappa shape index (κ2) is 7.42. The molecule has 0 bridgehead atoms. The molecule has 3 rings (SSSR count). The van der Waals surface area contributed by atoms with Crippen molar-refractivity contribution < 1.29 is 14.0 Å². The molecular formula is C17H19Cl2FN4O2. The van der Waals surface area contributed by atoms with Gasteiger partial charge in [0.05, 0.1) is 16.6 Å². The van der Waals surface area contributed by atoms with E-state index in [1.54, 1.807) is 9.80 Å². The van der Waals surface area contributed by atoms with E-state index < -0.39 is 5.82 Å². The van der Waals surface area contributed by atoms with Gasteiger partial charge in [0, 0.05) is 37.1 Å². The Bertz CT molecular complexity index is 860. The number of hydrogen-bond acceptors (Lipinski definition) is 3. The van der Waals surface area contributed by atoms with Crippen molar-refractivity contribution in [2.45, 2.75) is 0 Å². The molecule has 0 aliphatic carbocycles. The molecule has 1 aliphatic heterocycles. The van der Waals surface area contributed by atoms with Crippen LogP contribution in [0, 0.1) is 5.82 Å². The Balaban J connectivity index is 1.75. The molecule has 2 aromatic rings. The maximum absolute atomic E-state index is 13.7. The van der Waals surface area contributed by atoms with Gasteiger partial charge in [-0.25, -0.2) is 4.39 Å². The summed E-state index contributed by atoms with van der Waals surface area (Å²) in [6, 6.07) is 2.72. The number of piperazine rings is 1. The molecule has 0 unspecified atom stereocenters. The lowest BCUT2D eigenvalue weighted by Gasteiger charge is -2.35. The molecule has 6 nitrogen and oxygen atoms in total. The van der Waals surface area contributed by atoms with Crippen LogP contribution in [0.2, 0.25) is 10.0 Å². The van der Waals surface area contributed by atoms with Crippen LogP contribution >= 0.6 is 23.2 Å². The molecule has 2 amide bonds. The van der Waals surface area contributed by atoms with Crippen LogP contribution in [-0.4, -0.2) is 78.3 Å². The Hall–Kier alpha value is -1.83. The first-order chi connectivity index (χ1) is 12.3. The third kappa shape index (κ3) is 3.51. The standard InChI is InChI=1S/C17H19Cl2FN4O2/c1-22(2)9-12(25)23-5-7-24(8-6-23)17(26)16-15(19)13-11(21-16)4-3-10(20)14(13)18/h3-4,21H,5-9H2,1-2H3. The predicted molar refractivity (Wildman–Crippen MR) is 99.3 cm³/mol. The van der Waals surface area contributed by atoms with E-state index in [4.69, 9.17) is 23.2 Å². The SMILES string of the molecule is CN(C)CC(=O)N1CCN(C(=O)c2[nH]c3ccc(F)c(Cl)c3c2Cl)CC1. The van der Waals surface area contributed by atoms with E-state index in [1.165, 1.54) is 12.1 Å². The van der Waals surface area contributed by atoms with E-state index in [0.717, 1.165) is 0 Å². The molecule has 1 aromatic carbocycles. The van der Waals surface area contributed by atoms with Crippen molar-refractivity contribution in [1.82, 2.24) is 19.7 Å². The van der Waals surface area contributed by atoms with Crippen LogP contribution in [0.15, 0.2) is 12.1 Å². The molecule has 1 aliphatic rings. The quantitative estimate of drug-likeness (QED) is 0.860. The van der Waals surface area contributed by atoms with Crippen LogP contribution in [0.1, 0.15) is 10.5 Å². The summed E-state index contributed by atoms with van der Waals surface area (Å²) in [7, 11) is 3.67. The second-order valence-corrected chi connectivity index (χ2v) is 7.26. The van der Waals surface area contributed by atoms with Gasteiger partial charge in [-0.15, -0.1) is 0 Å². The van der Waals surface area contributed by atoms with Crippen molar-refractivity contribution in [1.29, 1.82) is 0 Å². The Morgan fingerprint density at radius 1 is 1.12 bits per heavy atom. The number of nitrogens with one attached hydrogen (secondary N) is 1. The van der Waals surface area contributed by atoms with Crippen molar-refractivity contribution in [2.75, 3.05) is 46.8 Å². The summed E-state index contributed by atoms with van der Waals surface area (Å²) in [6.45, 7) is 2.08. The number of carbonyl (C=O) groups is 2. The van der Waals surface area contributed by atoms with E-state index in [2.05, 4.69) is 4.98 Å². The number of rotatable bonds is 3. The molecule has 1 saturated heterocycles. The average Bonchev–Trinajstić information content (AvgIpc) is 2.94. The number of benzene rings is 1. The van der Waals surface area contributed by atoms with Crippen molar-refractivity contribution in [3.63, 3.8) is 0 Å². The van der Waals surface area contributed by atoms with E-state index in [-0.39, 0.29) is 27.6 Å². The van der Waals surface area contributed by atoms with Crippen LogP contribution in [0.3, 0.4) is 0 Å². The molecule has 140 valence electrons. The Morgan fingerprint density at radius 2 is 1.73 bits per heavy atom. The smallest absolute Gasteiger partial charge is 0.271 e. The maximum Gasteiger partial charge on any atom is 0.271 e. The van der Waals surface area contributed by atoms with Gasteiger partial charge in [-0.05, 0) is 26.2 Å². The first kappa shape index (κ1) is 18.9. The van der Waals surface area contributed by atoms with Gasteiger partial charge in [0.2, 0.25) is 5.91 Å². The fourth-order valence-corrected chi connectivity index (χ4v) is 3.65. The van der Waals surface area contributed by atoms with Crippen molar-refractivity contribution in [2.24, 2.45) is 0 Å². The molecule has 1 N–H and O–H groups in total. The van der Waals surface area contributed by atoms with Crippen LogP contribution in [-0.2, 0) is 4.79 Å². The van der Waals surface area contributed by atoms with E-state index >= 15 is 0 Å². The number of likely N-dealkylation sites (N-methyl/N-ethyl adjacent to an activating group) is 1. The van der Waals surface area contributed by atoms with Gasteiger partial charge in [0.1, 0.15) is 11.5 Å². The van der Waals surface area contributed by atoms with Crippen LogP contribution < -0.4 is 0 Å². The third-order valence-corrected chi connectivity index (χ3v) is 5.13. The summed E-state index contributed by atoms with van der Waals surface area (Å²) in [5.41, 5.74) is 0.687. The third-order valence-electron chi connectivity index (χ3n) is 4.38. The van der Waals surface area contributed by atoms with Crippen molar-refractivity contribution >= 4 is 45.9 Å². The fraction of sp³-hybridized carbons (Fsp3) is 0.412. The number of aromatic amines is 1. The van der Waals surface area contributed by atoms with Crippen LogP contribution in [0.25, 0.3) is 10.9 Å². The highest BCUT2D eigenvalue weighted by molar-refractivity contribution is 6.44. The highest BCUT2D eigenvalue weighted by atomic mass is 35.5. The maximum atomic E-state index is 13.7.